The highest BCUT2D eigenvalue weighted by molar-refractivity contribution is 7.19. The van der Waals surface area contributed by atoms with E-state index in [4.69, 9.17) is 16.2 Å². The second-order valence-corrected chi connectivity index (χ2v) is 6.20. The Morgan fingerprint density at radius 1 is 1.53 bits per heavy atom. The van der Waals surface area contributed by atoms with E-state index in [0.717, 1.165) is 11.5 Å². The molecule has 1 heterocycles. The molecule has 1 fully saturated rings. The van der Waals surface area contributed by atoms with Crippen LogP contribution in [-0.4, -0.2) is 19.6 Å². The van der Waals surface area contributed by atoms with E-state index in [0.29, 0.717) is 21.7 Å². The molecule has 0 atom stereocenters. The summed E-state index contributed by atoms with van der Waals surface area (Å²) < 4.78 is 5.27. The Morgan fingerprint density at radius 3 is 2.68 bits per heavy atom. The van der Waals surface area contributed by atoms with Crippen molar-refractivity contribution in [2.24, 2.45) is 11.1 Å². The minimum Gasteiger partial charge on any atom is -0.492 e. The van der Waals surface area contributed by atoms with Crippen LogP contribution in [0.1, 0.15) is 42.3 Å². The molecule has 1 aromatic rings. The Bertz CT molecular complexity index is 480. The molecule has 106 valence electrons. The second kappa shape index (κ2) is 5.28. The smallest absolute Gasteiger partial charge is 0.261 e. The van der Waals surface area contributed by atoms with E-state index in [1.54, 1.807) is 7.11 Å². The molecule has 1 saturated carbocycles. The molecule has 1 aromatic heterocycles. The lowest BCUT2D eigenvalue weighted by molar-refractivity contribution is 0.100. The number of amides is 1. The average Bonchev–Trinajstić information content (AvgIpc) is 3.04. The Hall–Kier alpha value is -1.43. The van der Waals surface area contributed by atoms with Gasteiger partial charge in [0.15, 0.2) is 5.75 Å². The maximum Gasteiger partial charge on any atom is 0.261 e. The summed E-state index contributed by atoms with van der Waals surface area (Å²) in [5.74, 6) is 0.0228. The van der Waals surface area contributed by atoms with Gasteiger partial charge in [0.25, 0.3) is 5.91 Å². The SMILES string of the molecule is CCCC1(CNc2sc(C(N)=O)c(N)c2OC)CC1. The summed E-state index contributed by atoms with van der Waals surface area (Å²) >= 11 is 1.27. The van der Waals surface area contributed by atoms with E-state index in [1.165, 1.54) is 37.0 Å². The molecular formula is C13H21N3O2S. The summed E-state index contributed by atoms with van der Waals surface area (Å²) in [4.78, 5) is 11.6. The number of hydrogen-bond acceptors (Lipinski definition) is 5. The molecule has 0 unspecified atom stereocenters. The minimum absolute atomic E-state index is 0.336. The topological polar surface area (TPSA) is 90.4 Å². The van der Waals surface area contributed by atoms with E-state index >= 15 is 0 Å². The molecule has 0 bridgehead atoms. The van der Waals surface area contributed by atoms with E-state index in [1.807, 2.05) is 0 Å². The number of carbonyl (C=O) groups excluding carboxylic acids is 1. The molecule has 6 heteroatoms. The maximum absolute atomic E-state index is 11.3. The minimum atomic E-state index is -0.511. The monoisotopic (exact) mass is 283 g/mol. The van der Waals surface area contributed by atoms with Crippen LogP contribution in [0.2, 0.25) is 0 Å². The van der Waals surface area contributed by atoms with Gasteiger partial charge in [-0.1, -0.05) is 13.3 Å². The molecule has 0 saturated heterocycles. The molecular weight excluding hydrogens is 262 g/mol. The van der Waals surface area contributed by atoms with Crippen LogP contribution in [0.15, 0.2) is 0 Å². The van der Waals surface area contributed by atoms with Crippen LogP contribution in [0, 0.1) is 5.41 Å². The van der Waals surface area contributed by atoms with Gasteiger partial charge in [0.2, 0.25) is 0 Å². The first-order valence-corrected chi connectivity index (χ1v) is 7.34. The molecule has 0 spiro atoms. The molecule has 5 nitrogen and oxygen atoms in total. The zero-order valence-electron chi connectivity index (χ0n) is 11.4. The number of ether oxygens (including phenoxy) is 1. The van der Waals surface area contributed by atoms with Crippen molar-refractivity contribution >= 4 is 27.9 Å². The molecule has 0 aliphatic heterocycles. The lowest BCUT2D eigenvalue weighted by Gasteiger charge is -2.15. The highest BCUT2D eigenvalue weighted by Gasteiger charge is 2.41. The number of methoxy groups -OCH3 is 1. The standard InChI is InChI=1S/C13H21N3O2S/c1-3-4-13(5-6-13)7-16-12-9(18-2)8(14)10(19-12)11(15)17/h16H,3-7,14H2,1-2H3,(H2,15,17). The fourth-order valence-corrected chi connectivity index (χ4v) is 3.36. The number of hydrogen-bond donors (Lipinski definition) is 3. The first-order valence-electron chi connectivity index (χ1n) is 6.53. The van der Waals surface area contributed by atoms with Gasteiger partial charge in [0.1, 0.15) is 15.6 Å². The number of primary amides is 1. The van der Waals surface area contributed by atoms with Crippen LogP contribution in [0.3, 0.4) is 0 Å². The highest BCUT2D eigenvalue weighted by atomic mass is 32.1. The largest absolute Gasteiger partial charge is 0.492 e. The van der Waals surface area contributed by atoms with Crippen LogP contribution in [-0.2, 0) is 0 Å². The number of nitrogens with two attached hydrogens (primary N) is 2. The maximum atomic E-state index is 11.3. The number of anilines is 2. The van der Waals surface area contributed by atoms with E-state index < -0.39 is 5.91 Å². The van der Waals surface area contributed by atoms with Gasteiger partial charge in [-0.2, -0.15) is 0 Å². The molecule has 1 amide bonds. The molecule has 1 aliphatic carbocycles. The summed E-state index contributed by atoms with van der Waals surface area (Å²) in [7, 11) is 1.55. The second-order valence-electron chi connectivity index (χ2n) is 5.18. The van der Waals surface area contributed by atoms with Crippen LogP contribution in [0.25, 0.3) is 0 Å². The van der Waals surface area contributed by atoms with Gasteiger partial charge >= 0.3 is 0 Å². The zero-order valence-corrected chi connectivity index (χ0v) is 12.2. The van der Waals surface area contributed by atoms with E-state index in [-0.39, 0.29) is 0 Å². The number of thiophene rings is 1. The molecule has 1 aliphatic rings. The van der Waals surface area contributed by atoms with Crippen LogP contribution < -0.4 is 21.5 Å². The Morgan fingerprint density at radius 2 is 2.21 bits per heavy atom. The summed E-state index contributed by atoms with van der Waals surface area (Å²) in [5.41, 5.74) is 11.9. The molecule has 19 heavy (non-hydrogen) atoms. The van der Waals surface area contributed by atoms with Crippen molar-refractivity contribution in [1.29, 1.82) is 0 Å². The zero-order chi connectivity index (χ0) is 14.0. The number of carbonyl (C=O) groups is 1. The van der Waals surface area contributed by atoms with Crippen molar-refractivity contribution in [3.63, 3.8) is 0 Å². The van der Waals surface area contributed by atoms with Gasteiger partial charge in [-0.3, -0.25) is 4.79 Å². The number of nitrogens with one attached hydrogen (secondary N) is 1. The molecule has 0 aromatic carbocycles. The summed E-state index contributed by atoms with van der Waals surface area (Å²) in [6, 6.07) is 0. The van der Waals surface area contributed by atoms with Crippen molar-refractivity contribution in [3.8, 4) is 5.75 Å². The Kier molecular flexibility index (Phi) is 3.89. The summed E-state index contributed by atoms with van der Waals surface area (Å²) in [6.45, 7) is 3.10. The number of rotatable bonds is 7. The van der Waals surface area contributed by atoms with Crippen molar-refractivity contribution in [3.05, 3.63) is 4.88 Å². The van der Waals surface area contributed by atoms with E-state index in [9.17, 15) is 4.79 Å². The Balaban J connectivity index is 2.12. The number of nitrogen functional groups attached to an aromatic ring is 1. The first-order chi connectivity index (χ1) is 9.03. The molecule has 5 N–H and O–H groups in total. The third-order valence-electron chi connectivity index (χ3n) is 3.69. The average molecular weight is 283 g/mol. The summed E-state index contributed by atoms with van der Waals surface area (Å²) in [5, 5.41) is 4.18. The van der Waals surface area contributed by atoms with Gasteiger partial charge in [-0.15, -0.1) is 11.3 Å². The van der Waals surface area contributed by atoms with Gasteiger partial charge in [-0.25, -0.2) is 0 Å². The third-order valence-corrected chi connectivity index (χ3v) is 4.85. The van der Waals surface area contributed by atoms with Gasteiger partial charge < -0.3 is 21.5 Å². The molecule has 2 rings (SSSR count). The first kappa shape index (κ1) is 14.0. The van der Waals surface area contributed by atoms with Crippen molar-refractivity contribution < 1.29 is 9.53 Å². The molecule has 0 radical (unpaired) electrons. The fraction of sp³-hybridized carbons (Fsp3) is 0.615. The van der Waals surface area contributed by atoms with Crippen LogP contribution in [0.5, 0.6) is 5.75 Å². The van der Waals surface area contributed by atoms with Crippen molar-refractivity contribution in [1.82, 2.24) is 0 Å². The predicted octanol–water partition coefficient (Wildman–Crippen LogP) is 2.43. The van der Waals surface area contributed by atoms with Crippen molar-refractivity contribution in [2.75, 3.05) is 24.7 Å². The van der Waals surface area contributed by atoms with Crippen LogP contribution in [0.4, 0.5) is 10.7 Å². The quantitative estimate of drug-likeness (QED) is 0.717. The van der Waals surface area contributed by atoms with Gasteiger partial charge in [0, 0.05) is 6.54 Å². The summed E-state index contributed by atoms with van der Waals surface area (Å²) in [6.07, 6.45) is 4.95. The normalized spacial score (nSPS) is 16.1. The lowest BCUT2D eigenvalue weighted by atomic mass is 10.0. The Labute approximate surface area is 117 Å². The lowest BCUT2D eigenvalue weighted by Crippen LogP contribution is -2.14. The fourth-order valence-electron chi connectivity index (χ4n) is 2.42. The van der Waals surface area contributed by atoms with Crippen molar-refractivity contribution in [2.45, 2.75) is 32.6 Å². The van der Waals surface area contributed by atoms with Gasteiger partial charge in [-0.05, 0) is 24.7 Å². The van der Waals surface area contributed by atoms with Crippen LogP contribution >= 0.6 is 11.3 Å². The third kappa shape index (κ3) is 2.78. The predicted molar refractivity (Wildman–Crippen MR) is 78.9 cm³/mol. The highest BCUT2D eigenvalue weighted by Crippen LogP contribution is 2.51. The van der Waals surface area contributed by atoms with Gasteiger partial charge in [0.05, 0.1) is 7.11 Å². The van der Waals surface area contributed by atoms with E-state index in [2.05, 4.69) is 12.2 Å².